The maximum atomic E-state index is 12.7. The molecule has 0 saturated heterocycles. The van der Waals surface area contributed by atoms with E-state index >= 15 is 0 Å². The van der Waals surface area contributed by atoms with E-state index in [4.69, 9.17) is 10.5 Å². The van der Waals surface area contributed by atoms with Gasteiger partial charge in [-0.05, 0) is 31.0 Å². The first kappa shape index (κ1) is 15.8. The van der Waals surface area contributed by atoms with Crippen molar-refractivity contribution in [3.63, 3.8) is 0 Å². The van der Waals surface area contributed by atoms with Crippen LogP contribution in [-0.2, 0) is 6.18 Å². The number of nitrogens with two attached hydrogens (primary N) is 1. The third-order valence-corrected chi connectivity index (χ3v) is 2.80. The maximum absolute atomic E-state index is 12.7. The van der Waals surface area contributed by atoms with Crippen molar-refractivity contribution in [2.24, 2.45) is 5.73 Å². The Morgan fingerprint density at radius 1 is 1.21 bits per heavy atom. The van der Waals surface area contributed by atoms with E-state index in [1.807, 2.05) is 13.8 Å². The second kappa shape index (κ2) is 6.80. The molecule has 0 aliphatic carbocycles. The molecule has 0 fully saturated rings. The Bertz CT molecular complexity index is 404. The summed E-state index contributed by atoms with van der Waals surface area (Å²) >= 11 is 0. The number of hydrogen-bond acceptors (Lipinski definition) is 2. The first-order valence-corrected chi connectivity index (χ1v) is 6.49. The lowest BCUT2D eigenvalue weighted by atomic mass is 9.99. The maximum Gasteiger partial charge on any atom is 0.416 e. The van der Waals surface area contributed by atoms with Crippen LogP contribution < -0.4 is 10.5 Å². The molecule has 0 heterocycles. The van der Waals surface area contributed by atoms with Crippen molar-refractivity contribution in [3.8, 4) is 5.75 Å². The minimum absolute atomic E-state index is 0.431. The molecule has 1 atom stereocenters. The first-order chi connectivity index (χ1) is 8.90. The molecule has 0 aliphatic rings. The standard InChI is InChI=1S/C14H20F3NO/c1-3-5-12(18)11-9-10(14(15,16)17)6-7-13(11)19-8-4-2/h6-7,9,12H,3-5,8,18H2,1-2H3. The van der Waals surface area contributed by atoms with E-state index in [1.165, 1.54) is 6.07 Å². The highest BCUT2D eigenvalue weighted by Crippen LogP contribution is 2.35. The summed E-state index contributed by atoms with van der Waals surface area (Å²) < 4.78 is 43.6. The zero-order chi connectivity index (χ0) is 14.5. The van der Waals surface area contributed by atoms with Gasteiger partial charge in [-0.3, -0.25) is 0 Å². The van der Waals surface area contributed by atoms with Crippen molar-refractivity contribution >= 4 is 0 Å². The zero-order valence-electron chi connectivity index (χ0n) is 11.3. The smallest absolute Gasteiger partial charge is 0.416 e. The van der Waals surface area contributed by atoms with Crippen LogP contribution in [0.25, 0.3) is 0 Å². The van der Waals surface area contributed by atoms with Crippen LogP contribution in [0, 0.1) is 0 Å². The molecular formula is C14H20F3NO. The molecule has 0 aliphatic heterocycles. The molecule has 2 N–H and O–H groups in total. The van der Waals surface area contributed by atoms with E-state index < -0.39 is 17.8 Å². The summed E-state index contributed by atoms with van der Waals surface area (Å²) in [5.41, 5.74) is 5.70. The van der Waals surface area contributed by atoms with Gasteiger partial charge >= 0.3 is 6.18 Å². The van der Waals surface area contributed by atoms with Crippen LogP contribution in [0.3, 0.4) is 0 Å². The van der Waals surface area contributed by atoms with Gasteiger partial charge in [-0.15, -0.1) is 0 Å². The monoisotopic (exact) mass is 275 g/mol. The number of halogens is 3. The van der Waals surface area contributed by atoms with Gasteiger partial charge < -0.3 is 10.5 Å². The van der Waals surface area contributed by atoms with E-state index in [9.17, 15) is 13.2 Å². The van der Waals surface area contributed by atoms with Gasteiger partial charge in [-0.2, -0.15) is 13.2 Å². The second-order valence-electron chi connectivity index (χ2n) is 4.49. The van der Waals surface area contributed by atoms with E-state index in [0.29, 0.717) is 24.3 Å². The summed E-state index contributed by atoms with van der Waals surface area (Å²) in [5, 5.41) is 0. The van der Waals surface area contributed by atoms with Crippen molar-refractivity contribution in [2.75, 3.05) is 6.61 Å². The van der Waals surface area contributed by atoms with E-state index in [-0.39, 0.29) is 0 Å². The topological polar surface area (TPSA) is 35.2 Å². The lowest BCUT2D eigenvalue weighted by molar-refractivity contribution is -0.137. The number of rotatable bonds is 6. The number of alkyl halides is 3. The summed E-state index contributed by atoms with van der Waals surface area (Å²) in [6.45, 7) is 4.35. The summed E-state index contributed by atoms with van der Waals surface area (Å²) in [6, 6.07) is 3.07. The molecule has 0 spiro atoms. The fourth-order valence-corrected chi connectivity index (χ4v) is 1.82. The molecule has 108 valence electrons. The van der Waals surface area contributed by atoms with Crippen molar-refractivity contribution in [2.45, 2.75) is 45.3 Å². The third kappa shape index (κ3) is 4.42. The highest BCUT2D eigenvalue weighted by Gasteiger charge is 2.31. The largest absolute Gasteiger partial charge is 0.493 e. The summed E-state index contributed by atoms with van der Waals surface area (Å²) in [6.07, 6.45) is -2.12. The third-order valence-electron chi connectivity index (χ3n) is 2.80. The highest BCUT2D eigenvalue weighted by atomic mass is 19.4. The van der Waals surface area contributed by atoms with Crippen LogP contribution in [0.15, 0.2) is 18.2 Å². The van der Waals surface area contributed by atoms with Crippen molar-refractivity contribution in [1.82, 2.24) is 0 Å². The minimum Gasteiger partial charge on any atom is -0.493 e. The Kier molecular flexibility index (Phi) is 5.66. The molecule has 1 unspecified atom stereocenters. The number of ether oxygens (including phenoxy) is 1. The Hall–Kier alpha value is -1.23. The Balaban J connectivity index is 3.10. The quantitative estimate of drug-likeness (QED) is 0.840. The molecule has 0 saturated carbocycles. The van der Waals surface area contributed by atoms with E-state index in [0.717, 1.165) is 25.0 Å². The predicted octanol–water partition coefficient (Wildman–Crippen LogP) is 4.29. The van der Waals surface area contributed by atoms with E-state index in [1.54, 1.807) is 0 Å². The van der Waals surface area contributed by atoms with Crippen LogP contribution in [0.1, 0.15) is 50.3 Å². The summed E-state index contributed by atoms with van der Waals surface area (Å²) in [5.74, 6) is 0.454. The second-order valence-corrected chi connectivity index (χ2v) is 4.49. The van der Waals surface area contributed by atoms with Gasteiger partial charge in [0.05, 0.1) is 12.2 Å². The van der Waals surface area contributed by atoms with Crippen molar-refractivity contribution in [1.29, 1.82) is 0 Å². The lowest BCUT2D eigenvalue weighted by Crippen LogP contribution is -2.14. The van der Waals surface area contributed by atoms with Gasteiger partial charge in [0.1, 0.15) is 5.75 Å². The molecule has 1 aromatic rings. The van der Waals surface area contributed by atoms with Gasteiger partial charge in [0.15, 0.2) is 0 Å². The van der Waals surface area contributed by atoms with Crippen molar-refractivity contribution < 1.29 is 17.9 Å². The molecular weight excluding hydrogens is 255 g/mol. The molecule has 5 heteroatoms. The fraction of sp³-hybridized carbons (Fsp3) is 0.571. The average molecular weight is 275 g/mol. The fourth-order valence-electron chi connectivity index (χ4n) is 1.82. The van der Waals surface area contributed by atoms with Crippen molar-refractivity contribution in [3.05, 3.63) is 29.3 Å². The molecule has 2 nitrogen and oxygen atoms in total. The number of hydrogen-bond donors (Lipinski definition) is 1. The van der Waals surface area contributed by atoms with Crippen LogP contribution in [0.5, 0.6) is 5.75 Å². The normalized spacial score (nSPS) is 13.4. The van der Waals surface area contributed by atoms with Crippen LogP contribution in [-0.4, -0.2) is 6.61 Å². The Labute approximate surface area is 111 Å². The summed E-state index contributed by atoms with van der Waals surface area (Å²) in [4.78, 5) is 0. The molecule has 1 rings (SSSR count). The molecule has 0 radical (unpaired) electrons. The highest BCUT2D eigenvalue weighted by molar-refractivity contribution is 5.40. The zero-order valence-corrected chi connectivity index (χ0v) is 11.3. The molecule has 0 aromatic heterocycles. The van der Waals surface area contributed by atoms with Gasteiger partial charge in [0, 0.05) is 11.6 Å². The molecule has 1 aromatic carbocycles. The first-order valence-electron chi connectivity index (χ1n) is 6.49. The predicted molar refractivity (Wildman–Crippen MR) is 69.1 cm³/mol. The number of benzene rings is 1. The molecule has 0 amide bonds. The molecule has 19 heavy (non-hydrogen) atoms. The molecule has 0 bridgehead atoms. The van der Waals surface area contributed by atoms with Crippen LogP contribution in [0.4, 0.5) is 13.2 Å². The Morgan fingerprint density at radius 3 is 2.42 bits per heavy atom. The van der Waals surface area contributed by atoms with Gasteiger partial charge in [-0.1, -0.05) is 20.3 Å². The van der Waals surface area contributed by atoms with Gasteiger partial charge in [-0.25, -0.2) is 0 Å². The Morgan fingerprint density at radius 2 is 1.89 bits per heavy atom. The van der Waals surface area contributed by atoms with Crippen LogP contribution in [0.2, 0.25) is 0 Å². The van der Waals surface area contributed by atoms with Gasteiger partial charge in [0.25, 0.3) is 0 Å². The lowest BCUT2D eigenvalue weighted by Gasteiger charge is -2.18. The SMILES string of the molecule is CCCOc1ccc(C(F)(F)F)cc1C(N)CCC. The summed E-state index contributed by atoms with van der Waals surface area (Å²) in [7, 11) is 0. The van der Waals surface area contributed by atoms with Crippen LogP contribution >= 0.6 is 0 Å². The van der Waals surface area contributed by atoms with Gasteiger partial charge in [0.2, 0.25) is 0 Å². The minimum atomic E-state index is -4.36. The average Bonchev–Trinajstić information content (AvgIpc) is 2.35. The van der Waals surface area contributed by atoms with E-state index in [2.05, 4.69) is 0 Å².